The number of rotatable bonds is 3. The largest absolute Gasteiger partial charge is 0.379 e. The summed E-state index contributed by atoms with van der Waals surface area (Å²) in [6, 6.07) is 7.36. The number of nitrogens with zero attached hydrogens (tertiary/aromatic N) is 2. The number of hydrogen-bond acceptors (Lipinski definition) is 4. The zero-order chi connectivity index (χ0) is 10.5. The van der Waals surface area contributed by atoms with Gasteiger partial charge in [0.15, 0.2) is 0 Å². The predicted octanol–water partition coefficient (Wildman–Crippen LogP) is 1.26. The summed E-state index contributed by atoms with van der Waals surface area (Å²) in [6.45, 7) is 1.89. The molecular weight excluding hydrogens is 192 g/mol. The second-order valence-electron chi connectivity index (χ2n) is 3.42. The highest BCUT2D eigenvalue weighted by molar-refractivity contribution is 5.21. The van der Waals surface area contributed by atoms with Crippen LogP contribution in [0.1, 0.15) is 17.8 Å². The first-order valence-electron chi connectivity index (χ1n) is 4.94. The van der Waals surface area contributed by atoms with Crippen molar-refractivity contribution in [2.24, 2.45) is 0 Å². The van der Waals surface area contributed by atoms with Crippen molar-refractivity contribution >= 4 is 0 Å². The van der Waals surface area contributed by atoms with E-state index in [4.69, 9.17) is 14.7 Å². The molecule has 4 nitrogen and oxygen atoms in total. The molecule has 1 aliphatic rings. The minimum absolute atomic E-state index is 0.178. The van der Waals surface area contributed by atoms with Gasteiger partial charge in [-0.1, -0.05) is 6.07 Å². The molecule has 2 heterocycles. The lowest BCUT2D eigenvalue weighted by Crippen LogP contribution is -2.12. The van der Waals surface area contributed by atoms with E-state index in [1.54, 1.807) is 6.07 Å². The van der Waals surface area contributed by atoms with E-state index in [2.05, 4.69) is 4.98 Å². The van der Waals surface area contributed by atoms with Crippen molar-refractivity contribution < 1.29 is 9.47 Å². The summed E-state index contributed by atoms with van der Waals surface area (Å²) in [5, 5.41) is 8.67. The van der Waals surface area contributed by atoms with Gasteiger partial charge in [-0.2, -0.15) is 5.26 Å². The van der Waals surface area contributed by atoms with Crippen molar-refractivity contribution in [3.63, 3.8) is 0 Å². The predicted molar refractivity (Wildman–Crippen MR) is 53.0 cm³/mol. The molecule has 0 bridgehead atoms. The number of hydrogen-bond donors (Lipinski definition) is 0. The Hall–Kier alpha value is -1.44. The van der Waals surface area contributed by atoms with E-state index in [9.17, 15) is 0 Å². The van der Waals surface area contributed by atoms with Crippen LogP contribution in [0.25, 0.3) is 0 Å². The fraction of sp³-hybridized carbons (Fsp3) is 0.455. The second-order valence-corrected chi connectivity index (χ2v) is 3.42. The molecule has 1 atom stereocenters. The van der Waals surface area contributed by atoms with Crippen LogP contribution in [0.4, 0.5) is 0 Å². The third-order valence-electron chi connectivity index (χ3n) is 2.28. The van der Waals surface area contributed by atoms with Crippen molar-refractivity contribution in [3.8, 4) is 6.07 Å². The van der Waals surface area contributed by atoms with Crippen LogP contribution < -0.4 is 0 Å². The first-order chi connectivity index (χ1) is 7.38. The number of ether oxygens (including phenoxy) is 2. The van der Waals surface area contributed by atoms with Crippen molar-refractivity contribution in [1.29, 1.82) is 5.26 Å². The highest BCUT2D eigenvalue weighted by Crippen LogP contribution is 2.10. The minimum atomic E-state index is 0.178. The van der Waals surface area contributed by atoms with E-state index in [1.807, 2.05) is 18.2 Å². The van der Waals surface area contributed by atoms with Gasteiger partial charge in [-0.05, 0) is 18.6 Å². The molecule has 1 aromatic heterocycles. The van der Waals surface area contributed by atoms with Crippen molar-refractivity contribution in [3.05, 3.63) is 29.6 Å². The molecule has 0 spiro atoms. The summed E-state index contributed by atoms with van der Waals surface area (Å²) in [7, 11) is 0. The summed E-state index contributed by atoms with van der Waals surface area (Å²) >= 11 is 0. The summed E-state index contributed by atoms with van der Waals surface area (Å²) in [6.07, 6.45) is 1.12. The topological polar surface area (TPSA) is 55.1 Å². The molecule has 1 aromatic rings. The average molecular weight is 204 g/mol. The normalized spacial score (nSPS) is 20.1. The van der Waals surface area contributed by atoms with Crippen molar-refractivity contribution in [1.82, 2.24) is 4.98 Å². The van der Waals surface area contributed by atoms with Gasteiger partial charge in [0.25, 0.3) is 0 Å². The zero-order valence-corrected chi connectivity index (χ0v) is 8.35. The Morgan fingerprint density at radius 2 is 2.53 bits per heavy atom. The Bertz CT molecular complexity index is 367. The van der Waals surface area contributed by atoms with Crippen LogP contribution in [0, 0.1) is 11.3 Å². The van der Waals surface area contributed by atoms with Crippen LogP contribution >= 0.6 is 0 Å². The van der Waals surface area contributed by atoms with Crippen LogP contribution in [0.5, 0.6) is 0 Å². The molecule has 15 heavy (non-hydrogen) atoms. The molecule has 0 amide bonds. The number of nitriles is 1. The first-order valence-corrected chi connectivity index (χ1v) is 4.94. The van der Waals surface area contributed by atoms with E-state index in [0.717, 1.165) is 18.7 Å². The molecule has 0 aliphatic carbocycles. The Kier molecular flexibility index (Phi) is 3.28. The van der Waals surface area contributed by atoms with Gasteiger partial charge in [0, 0.05) is 6.61 Å². The van der Waals surface area contributed by atoms with Crippen LogP contribution in [-0.2, 0) is 16.1 Å². The van der Waals surface area contributed by atoms with Gasteiger partial charge >= 0.3 is 0 Å². The molecule has 4 heteroatoms. The molecule has 1 fully saturated rings. The first kappa shape index (κ1) is 10.1. The standard InChI is InChI=1S/C11H12N2O2/c12-6-9-2-1-3-10(13-9)7-15-11-4-5-14-8-11/h1-3,11H,4-5,7-8H2/t11-/m0/s1. The number of pyridine rings is 1. The van der Waals surface area contributed by atoms with E-state index < -0.39 is 0 Å². The maximum atomic E-state index is 8.67. The molecular formula is C11H12N2O2. The molecule has 78 valence electrons. The maximum Gasteiger partial charge on any atom is 0.140 e. The monoisotopic (exact) mass is 204 g/mol. The fourth-order valence-electron chi connectivity index (χ4n) is 1.47. The Balaban J connectivity index is 1.90. The number of aromatic nitrogens is 1. The van der Waals surface area contributed by atoms with Gasteiger partial charge in [-0.3, -0.25) is 0 Å². The summed E-state index contributed by atoms with van der Waals surface area (Å²) in [4.78, 5) is 4.13. The lowest BCUT2D eigenvalue weighted by molar-refractivity contribution is 0.0301. The van der Waals surface area contributed by atoms with Gasteiger partial charge in [0.1, 0.15) is 11.8 Å². The van der Waals surface area contributed by atoms with Crippen molar-refractivity contribution in [2.45, 2.75) is 19.1 Å². The average Bonchev–Trinajstić information content (AvgIpc) is 2.79. The summed E-state index contributed by atoms with van der Waals surface area (Å²) in [5.74, 6) is 0. The molecule has 0 saturated carbocycles. The third-order valence-corrected chi connectivity index (χ3v) is 2.28. The molecule has 0 unspecified atom stereocenters. The quantitative estimate of drug-likeness (QED) is 0.743. The minimum Gasteiger partial charge on any atom is -0.379 e. The highest BCUT2D eigenvalue weighted by atomic mass is 16.5. The third kappa shape index (κ3) is 2.75. The van der Waals surface area contributed by atoms with E-state index >= 15 is 0 Å². The second kappa shape index (κ2) is 4.87. The SMILES string of the molecule is N#Cc1cccc(CO[C@H]2CCOC2)n1. The van der Waals surface area contributed by atoms with Crippen LogP contribution in [0.3, 0.4) is 0 Å². The van der Waals surface area contributed by atoms with Gasteiger partial charge in [0.05, 0.1) is 25.0 Å². The van der Waals surface area contributed by atoms with Crippen LogP contribution in [0.15, 0.2) is 18.2 Å². The molecule has 1 aliphatic heterocycles. The van der Waals surface area contributed by atoms with E-state index in [-0.39, 0.29) is 6.10 Å². The maximum absolute atomic E-state index is 8.67. The van der Waals surface area contributed by atoms with Crippen LogP contribution in [-0.4, -0.2) is 24.3 Å². The van der Waals surface area contributed by atoms with Crippen LogP contribution in [0.2, 0.25) is 0 Å². The lowest BCUT2D eigenvalue weighted by Gasteiger charge is -2.08. The summed E-state index contributed by atoms with van der Waals surface area (Å²) < 4.78 is 10.8. The van der Waals surface area contributed by atoms with Gasteiger partial charge in [-0.15, -0.1) is 0 Å². The molecule has 0 N–H and O–H groups in total. The van der Waals surface area contributed by atoms with E-state index in [1.165, 1.54) is 0 Å². The zero-order valence-electron chi connectivity index (χ0n) is 8.35. The fourth-order valence-corrected chi connectivity index (χ4v) is 1.47. The molecule has 2 rings (SSSR count). The lowest BCUT2D eigenvalue weighted by atomic mass is 10.3. The Morgan fingerprint density at radius 3 is 3.27 bits per heavy atom. The Labute approximate surface area is 88.5 Å². The molecule has 1 saturated heterocycles. The van der Waals surface area contributed by atoms with E-state index in [0.29, 0.717) is 18.9 Å². The Morgan fingerprint density at radius 1 is 1.60 bits per heavy atom. The molecule has 0 aromatic carbocycles. The van der Waals surface area contributed by atoms with Gasteiger partial charge in [-0.25, -0.2) is 4.98 Å². The van der Waals surface area contributed by atoms with Gasteiger partial charge in [0.2, 0.25) is 0 Å². The highest BCUT2D eigenvalue weighted by Gasteiger charge is 2.15. The smallest absolute Gasteiger partial charge is 0.140 e. The van der Waals surface area contributed by atoms with Crippen molar-refractivity contribution in [2.75, 3.05) is 13.2 Å². The summed E-state index contributed by atoms with van der Waals surface area (Å²) in [5.41, 5.74) is 1.22. The molecule has 0 radical (unpaired) electrons. The van der Waals surface area contributed by atoms with Gasteiger partial charge < -0.3 is 9.47 Å².